The van der Waals surface area contributed by atoms with Crippen molar-refractivity contribution in [2.75, 3.05) is 18.4 Å². The maximum Gasteiger partial charge on any atom is 0.244 e. The minimum atomic E-state index is -0.342. The number of hydrogen-bond donors (Lipinski definition) is 1. The number of amides is 1. The van der Waals surface area contributed by atoms with Gasteiger partial charge in [-0.1, -0.05) is 12.1 Å². The molecule has 110 valence electrons. The van der Waals surface area contributed by atoms with Crippen LogP contribution in [0.3, 0.4) is 0 Å². The van der Waals surface area contributed by atoms with Crippen LogP contribution in [0.1, 0.15) is 26.2 Å². The third-order valence-corrected chi connectivity index (χ3v) is 3.74. The quantitative estimate of drug-likeness (QED) is 0.931. The SMILES string of the molecule is CC(Nc1nnc2ccccc2n1)C(=O)N1CCCCC1. The molecule has 2 heterocycles. The monoisotopic (exact) mass is 285 g/mol. The van der Waals surface area contributed by atoms with E-state index in [1.807, 2.05) is 36.1 Å². The lowest BCUT2D eigenvalue weighted by Crippen LogP contribution is -2.44. The Kier molecular flexibility index (Phi) is 3.94. The van der Waals surface area contributed by atoms with Gasteiger partial charge in [0.1, 0.15) is 11.6 Å². The smallest absolute Gasteiger partial charge is 0.244 e. The van der Waals surface area contributed by atoms with Crippen LogP contribution < -0.4 is 5.32 Å². The molecule has 0 bridgehead atoms. The molecule has 1 amide bonds. The highest BCUT2D eigenvalue weighted by Gasteiger charge is 2.22. The molecule has 1 aromatic heterocycles. The highest BCUT2D eigenvalue weighted by molar-refractivity contribution is 5.84. The Morgan fingerprint density at radius 1 is 1.14 bits per heavy atom. The van der Waals surface area contributed by atoms with Crippen LogP contribution in [0.5, 0.6) is 0 Å². The van der Waals surface area contributed by atoms with E-state index in [1.165, 1.54) is 6.42 Å². The van der Waals surface area contributed by atoms with Crippen molar-refractivity contribution in [2.45, 2.75) is 32.2 Å². The van der Waals surface area contributed by atoms with Crippen LogP contribution >= 0.6 is 0 Å². The van der Waals surface area contributed by atoms with Gasteiger partial charge in [0.25, 0.3) is 0 Å². The van der Waals surface area contributed by atoms with Crippen LogP contribution in [0, 0.1) is 0 Å². The predicted octanol–water partition coefficient (Wildman–Crippen LogP) is 1.84. The van der Waals surface area contributed by atoms with Gasteiger partial charge in [-0.3, -0.25) is 4.79 Å². The van der Waals surface area contributed by atoms with Crippen LogP contribution in [-0.4, -0.2) is 45.1 Å². The van der Waals surface area contributed by atoms with E-state index >= 15 is 0 Å². The molecule has 0 spiro atoms. The second-order valence-electron chi connectivity index (χ2n) is 5.38. The van der Waals surface area contributed by atoms with Gasteiger partial charge in [-0.2, -0.15) is 0 Å². The van der Waals surface area contributed by atoms with Gasteiger partial charge in [-0.05, 0) is 38.3 Å². The molecule has 1 atom stereocenters. The van der Waals surface area contributed by atoms with Crippen molar-refractivity contribution in [1.82, 2.24) is 20.1 Å². The summed E-state index contributed by atoms with van der Waals surface area (Å²) in [7, 11) is 0. The van der Waals surface area contributed by atoms with E-state index in [1.54, 1.807) is 0 Å². The zero-order valence-corrected chi connectivity index (χ0v) is 12.1. The molecule has 1 fully saturated rings. The van der Waals surface area contributed by atoms with Crippen molar-refractivity contribution in [2.24, 2.45) is 0 Å². The summed E-state index contributed by atoms with van der Waals surface area (Å²) in [6, 6.07) is 7.21. The number of nitrogens with zero attached hydrogens (tertiary/aromatic N) is 4. The van der Waals surface area contributed by atoms with Gasteiger partial charge in [0.15, 0.2) is 0 Å². The molecular weight excluding hydrogens is 266 g/mol. The van der Waals surface area contributed by atoms with Crippen LogP contribution in [0.15, 0.2) is 24.3 Å². The van der Waals surface area contributed by atoms with E-state index in [9.17, 15) is 4.79 Å². The van der Waals surface area contributed by atoms with Gasteiger partial charge in [0.05, 0.1) is 5.52 Å². The van der Waals surface area contributed by atoms with E-state index in [2.05, 4.69) is 20.5 Å². The maximum atomic E-state index is 12.4. The molecule has 3 rings (SSSR count). The molecule has 6 nitrogen and oxygen atoms in total. The topological polar surface area (TPSA) is 71.0 Å². The molecular formula is C15H19N5O. The van der Waals surface area contributed by atoms with E-state index in [4.69, 9.17) is 0 Å². The average molecular weight is 285 g/mol. The fourth-order valence-electron chi connectivity index (χ4n) is 2.59. The zero-order valence-electron chi connectivity index (χ0n) is 12.1. The Balaban J connectivity index is 1.70. The van der Waals surface area contributed by atoms with Crippen LogP contribution in [-0.2, 0) is 4.79 Å². The van der Waals surface area contributed by atoms with Gasteiger partial charge in [0.2, 0.25) is 11.9 Å². The lowest BCUT2D eigenvalue weighted by atomic mass is 10.1. The van der Waals surface area contributed by atoms with E-state index in [0.717, 1.165) is 37.0 Å². The predicted molar refractivity (Wildman–Crippen MR) is 80.8 cm³/mol. The number of likely N-dealkylation sites (tertiary alicyclic amines) is 1. The summed E-state index contributed by atoms with van der Waals surface area (Å²) in [4.78, 5) is 18.7. The number of hydrogen-bond acceptors (Lipinski definition) is 5. The second-order valence-corrected chi connectivity index (χ2v) is 5.38. The molecule has 1 unspecified atom stereocenters. The van der Waals surface area contributed by atoms with Gasteiger partial charge < -0.3 is 10.2 Å². The Hall–Kier alpha value is -2.24. The fourth-order valence-corrected chi connectivity index (χ4v) is 2.59. The first-order valence-corrected chi connectivity index (χ1v) is 7.39. The zero-order chi connectivity index (χ0) is 14.7. The molecule has 1 saturated heterocycles. The lowest BCUT2D eigenvalue weighted by Gasteiger charge is -2.29. The minimum absolute atomic E-state index is 0.103. The van der Waals surface area contributed by atoms with Crippen molar-refractivity contribution in [3.05, 3.63) is 24.3 Å². The summed E-state index contributed by atoms with van der Waals surface area (Å²) in [6.07, 6.45) is 3.39. The summed E-state index contributed by atoms with van der Waals surface area (Å²) < 4.78 is 0. The standard InChI is InChI=1S/C15H19N5O/c1-11(14(21)20-9-5-2-6-10-20)16-15-17-12-7-3-4-8-13(12)18-19-15/h3-4,7-8,11H,2,5-6,9-10H2,1H3,(H,16,17,19). The molecule has 0 radical (unpaired) electrons. The molecule has 21 heavy (non-hydrogen) atoms. The Labute approximate surface area is 123 Å². The minimum Gasteiger partial charge on any atom is -0.341 e. The normalized spacial score (nSPS) is 16.7. The highest BCUT2D eigenvalue weighted by Crippen LogP contribution is 2.13. The van der Waals surface area contributed by atoms with Crippen molar-refractivity contribution >= 4 is 22.9 Å². The van der Waals surface area contributed by atoms with Crippen LogP contribution in [0.4, 0.5) is 5.95 Å². The highest BCUT2D eigenvalue weighted by atomic mass is 16.2. The van der Waals surface area contributed by atoms with Crippen LogP contribution in [0.25, 0.3) is 11.0 Å². The van der Waals surface area contributed by atoms with Crippen molar-refractivity contribution in [1.29, 1.82) is 0 Å². The third-order valence-electron chi connectivity index (χ3n) is 3.74. The number of piperidine rings is 1. The molecule has 0 aliphatic carbocycles. The number of para-hydroxylation sites is 1. The Morgan fingerprint density at radius 3 is 2.62 bits per heavy atom. The van der Waals surface area contributed by atoms with Crippen molar-refractivity contribution < 1.29 is 4.79 Å². The van der Waals surface area contributed by atoms with Gasteiger partial charge in [-0.25, -0.2) is 4.98 Å². The van der Waals surface area contributed by atoms with Crippen LogP contribution in [0.2, 0.25) is 0 Å². The number of benzene rings is 1. The average Bonchev–Trinajstić information content (AvgIpc) is 2.55. The van der Waals surface area contributed by atoms with E-state index < -0.39 is 0 Å². The number of nitrogens with one attached hydrogen (secondary N) is 1. The molecule has 1 aliphatic rings. The van der Waals surface area contributed by atoms with E-state index in [0.29, 0.717) is 5.95 Å². The number of carbonyl (C=O) groups is 1. The summed E-state index contributed by atoms with van der Waals surface area (Å²) >= 11 is 0. The van der Waals surface area contributed by atoms with Crippen molar-refractivity contribution in [3.63, 3.8) is 0 Å². The maximum absolute atomic E-state index is 12.4. The number of rotatable bonds is 3. The third kappa shape index (κ3) is 3.09. The van der Waals surface area contributed by atoms with Gasteiger partial charge in [0, 0.05) is 13.1 Å². The molecule has 1 aromatic carbocycles. The molecule has 2 aromatic rings. The first-order valence-electron chi connectivity index (χ1n) is 7.39. The summed E-state index contributed by atoms with van der Waals surface area (Å²) in [5.41, 5.74) is 1.52. The molecule has 1 aliphatic heterocycles. The number of carbonyl (C=O) groups excluding carboxylic acids is 1. The molecule has 0 saturated carbocycles. The summed E-state index contributed by atoms with van der Waals surface area (Å²) in [5, 5.41) is 11.2. The number of aromatic nitrogens is 3. The number of anilines is 1. The van der Waals surface area contributed by atoms with Gasteiger partial charge >= 0.3 is 0 Å². The number of fused-ring (bicyclic) bond motifs is 1. The van der Waals surface area contributed by atoms with E-state index in [-0.39, 0.29) is 11.9 Å². The summed E-state index contributed by atoms with van der Waals surface area (Å²) in [5.74, 6) is 0.498. The first kappa shape index (κ1) is 13.7. The van der Waals surface area contributed by atoms with Gasteiger partial charge in [-0.15, -0.1) is 10.2 Å². The lowest BCUT2D eigenvalue weighted by molar-refractivity contribution is -0.132. The Bertz CT molecular complexity index is 639. The Morgan fingerprint density at radius 2 is 1.86 bits per heavy atom. The van der Waals surface area contributed by atoms with Crippen molar-refractivity contribution in [3.8, 4) is 0 Å². The molecule has 1 N–H and O–H groups in total. The molecule has 6 heteroatoms. The second kappa shape index (κ2) is 6.03. The first-order chi connectivity index (χ1) is 10.2. The summed E-state index contributed by atoms with van der Waals surface area (Å²) in [6.45, 7) is 3.54. The largest absolute Gasteiger partial charge is 0.341 e. The fraction of sp³-hybridized carbons (Fsp3) is 0.467.